The number of alkyl carbamates (subject to hydrolysis) is 1. The van der Waals surface area contributed by atoms with Crippen molar-refractivity contribution in [1.29, 1.82) is 0 Å². The number of amides is 1. The zero-order valence-corrected chi connectivity index (χ0v) is 13.0. The molecular weight excluding hydrogens is 254 g/mol. The summed E-state index contributed by atoms with van der Waals surface area (Å²) in [6.45, 7) is 9.74. The summed E-state index contributed by atoms with van der Waals surface area (Å²) in [6.07, 6.45) is 5.85. The minimum atomic E-state index is -0.481. The van der Waals surface area contributed by atoms with Crippen molar-refractivity contribution in [3.05, 3.63) is 18.2 Å². The van der Waals surface area contributed by atoms with Gasteiger partial charge in [0.2, 0.25) is 0 Å². The van der Waals surface area contributed by atoms with Crippen molar-refractivity contribution in [2.75, 3.05) is 0 Å². The van der Waals surface area contributed by atoms with Crippen LogP contribution in [0.5, 0.6) is 0 Å². The Hall–Kier alpha value is -1.52. The van der Waals surface area contributed by atoms with E-state index < -0.39 is 11.7 Å². The fraction of sp³-hybridized carbons (Fsp3) is 0.733. The van der Waals surface area contributed by atoms with E-state index in [0.29, 0.717) is 6.04 Å². The van der Waals surface area contributed by atoms with Crippen LogP contribution in [-0.4, -0.2) is 21.2 Å². The van der Waals surface area contributed by atoms with Gasteiger partial charge in [0.15, 0.2) is 0 Å². The van der Waals surface area contributed by atoms with Gasteiger partial charge >= 0.3 is 6.09 Å². The zero-order chi connectivity index (χ0) is 14.9. The largest absolute Gasteiger partial charge is 0.444 e. The van der Waals surface area contributed by atoms with E-state index in [2.05, 4.69) is 21.8 Å². The topological polar surface area (TPSA) is 56.2 Å². The fourth-order valence-electron chi connectivity index (χ4n) is 2.35. The lowest BCUT2D eigenvalue weighted by atomic mass is 10.2. The van der Waals surface area contributed by atoms with Gasteiger partial charge in [-0.05, 0) is 53.4 Å². The van der Waals surface area contributed by atoms with Crippen LogP contribution in [0.15, 0.2) is 12.5 Å². The number of ether oxygens (including phenoxy) is 1. The standard InChI is InChI=1S/C15H25N3O2/c1-10(17-14(19)20-15(3,4)5)13-8-16-9-18(13)11(2)12-6-7-12/h8-12H,6-7H2,1-5H3,(H,17,19)/t10-,11?/m1/s1. The predicted octanol–water partition coefficient (Wildman–Crippen LogP) is 3.44. The summed E-state index contributed by atoms with van der Waals surface area (Å²) < 4.78 is 7.45. The summed E-state index contributed by atoms with van der Waals surface area (Å²) >= 11 is 0. The van der Waals surface area contributed by atoms with Crippen molar-refractivity contribution in [3.63, 3.8) is 0 Å². The summed E-state index contributed by atoms with van der Waals surface area (Å²) in [5, 5.41) is 2.87. The van der Waals surface area contributed by atoms with Gasteiger partial charge in [-0.15, -0.1) is 0 Å². The van der Waals surface area contributed by atoms with Crippen LogP contribution in [0.4, 0.5) is 4.79 Å². The van der Waals surface area contributed by atoms with Crippen molar-refractivity contribution in [3.8, 4) is 0 Å². The average molecular weight is 279 g/mol. The van der Waals surface area contributed by atoms with Crippen LogP contribution in [0.25, 0.3) is 0 Å². The highest BCUT2D eigenvalue weighted by Crippen LogP contribution is 2.40. The monoisotopic (exact) mass is 279 g/mol. The minimum absolute atomic E-state index is 0.117. The molecule has 1 aromatic rings. The molecule has 1 heterocycles. The molecule has 2 atom stereocenters. The number of rotatable bonds is 4. The Labute approximate surface area is 120 Å². The Morgan fingerprint density at radius 2 is 2.10 bits per heavy atom. The maximum absolute atomic E-state index is 11.8. The molecule has 1 saturated carbocycles. The maximum atomic E-state index is 11.8. The third kappa shape index (κ3) is 3.74. The molecule has 1 N–H and O–H groups in total. The molecule has 1 aliphatic rings. The van der Waals surface area contributed by atoms with Gasteiger partial charge in [-0.25, -0.2) is 9.78 Å². The number of carbonyl (C=O) groups is 1. The number of hydrogen-bond acceptors (Lipinski definition) is 3. The molecule has 5 heteroatoms. The molecule has 112 valence electrons. The number of nitrogens with zero attached hydrogens (tertiary/aromatic N) is 2. The van der Waals surface area contributed by atoms with E-state index >= 15 is 0 Å². The molecule has 0 spiro atoms. The lowest BCUT2D eigenvalue weighted by Crippen LogP contribution is -2.34. The number of nitrogens with one attached hydrogen (secondary N) is 1. The van der Waals surface area contributed by atoms with Crippen LogP contribution in [0.1, 0.15) is 65.2 Å². The summed E-state index contributed by atoms with van der Waals surface area (Å²) in [7, 11) is 0. The van der Waals surface area contributed by atoms with Crippen molar-refractivity contribution in [2.24, 2.45) is 5.92 Å². The van der Waals surface area contributed by atoms with Crippen LogP contribution in [-0.2, 0) is 4.74 Å². The summed E-state index contributed by atoms with van der Waals surface area (Å²) in [5.74, 6) is 0.747. The first-order chi connectivity index (χ1) is 9.28. The second kappa shape index (κ2) is 5.46. The fourth-order valence-corrected chi connectivity index (χ4v) is 2.35. The van der Waals surface area contributed by atoms with Gasteiger partial charge in [0.05, 0.1) is 24.3 Å². The van der Waals surface area contributed by atoms with E-state index in [-0.39, 0.29) is 6.04 Å². The molecule has 1 aliphatic carbocycles. The smallest absolute Gasteiger partial charge is 0.408 e. The van der Waals surface area contributed by atoms with Gasteiger partial charge in [-0.2, -0.15) is 0 Å². The molecular formula is C15H25N3O2. The van der Waals surface area contributed by atoms with Crippen molar-refractivity contribution < 1.29 is 9.53 Å². The molecule has 1 amide bonds. The lowest BCUT2D eigenvalue weighted by molar-refractivity contribution is 0.0505. The van der Waals surface area contributed by atoms with Crippen molar-refractivity contribution >= 4 is 6.09 Å². The predicted molar refractivity (Wildman–Crippen MR) is 77.4 cm³/mol. The number of aromatic nitrogens is 2. The first-order valence-corrected chi connectivity index (χ1v) is 7.29. The third-order valence-electron chi connectivity index (χ3n) is 3.62. The van der Waals surface area contributed by atoms with Crippen LogP contribution >= 0.6 is 0 Å². The molecule has 5 nitrogen and oxygen atoms in total. The quantitative estimate of drug-likeness (QED) is 0.918. The highest BCUT2D eigenvalue weighted by molar-refractivity contribution is 5.68. The number of carbonyl (C=O) groups excluding carboxylic acids is 1. The third-order valence-corrected chi connectivity index (χ3v) is 3.62. The average Bonchev–Trinajstić information content (AvgIpc) is 3.02. The SMILES string of the molecule is CC(C1CC1)n1cncc1[C@@H](C)NC(=O)OC(C)(C)C. The molecule has 1 unspecified atom stereocenters. The number of imidazole rings is 1. The summed E-state index contributed by atoms with van der Waals surface area (Å²) in [4.78, 5) is 16.1. The van der Waals surface area contributed by atoms with E-state index in [1.165, 1.54) is 12.8 Å². The maximum Gasteiger partial charge on any atom is 0.408 e. The van der Waals surface area contributed by atoms with Crippen molar-refractivity contribution in [2.45, 2.75) is 65.1 Å². The van der Waals surface area contributed by atoms with Gasteiger partial charge in [-0.3, -0.25) is 0 Å². The van der Waals surface area contributed by atoms with Gasteiger partial charge in [0.1, 0.15) is 5.60 Å². The van der Waals surface area contributed by atoms with Gasteiger partial charge in [-0.1, -0.05) is 0 Å². The van der Waals surface area contributed by atoms with E-state index in [9.17, 15) is 4.79 Å². The minimum Gasteiger partial charge on any atom is -0.444 e. The Kier molecular flexibility index (Phi) is 4.06. The molecule has 0 radical (unpaired) electrons. The first kappa shape index (κ1) is 14.9. The van der Waals surface area contributed by atoms with Crippen LogP contribution in [0, 0.1) is 5.92 Å². The van der Waals surface area contributed by atoms with E-state index in [0.717, 1.165) is 11.6 Å². The van der Waals surface area contributed by atoms with Gasteiger partial charge < -0.3 is 14.6 Å². The molecule has 1 aromatic heterocycles. The second-order valence-corrected chi connectivity index (χ2v) is 6.67. The molecule has 0 aromatic carbocycles. The summed E-state index contributed by atoms with van der Waals surface area (Å²) in [5.41, 5.74) is 0.543. The normalized spacial score (nSPS) is 18.4. The van der Waals surface area contributed by atoms with Crippen molar-refractivity contribution in [1.82, 2.24) is 14.9 Å². The first-order valence-electron chi connectivity index (χ1n) is 7.29. The van der Waals surface area contributed by atoms with E-state index in [4.69, 9.17) is 4.74 Å². The molecule has 2 rings (SSSR count). The lowest BCUT2D eigenvalue weighted by Gasteiger charge is -2.23. The summed E-state index contributed by atoms with van der Waals surface area (Å²) in [6, 6.07) is 0.323. The Bertz CT molecular complexity index is 472. The number of hydrogen-bond donors (Lipinski definition) is 1. The molecule has 20 heavy (non-hydrogen) atoms. The highest BCUT2D eigenvalue weighted by Gasteiger charge is 2.31. The van der Waals surface area contributed by atoms with E-state index in [1.54, 1.807) is 0 Å². The van der Waals surface area contributed by atoms with Crippen LogP contribution < -0.4 is 5.32 Å². The highest BCUT2D eigenvalue weighted by atomic mass is 16.6. The Morgan fingerprint density at radius 1 is 1.45 bits per heavy atom. The Morgan fingerprint density at radius 3 is 2.65 bits per heavy atom. The Balaban J connectivity index is 2.00. The van der Waals surface area contributed by atoms with Crippen LogP contribution in [0.3, 0.4) is 0 Å². The molecule has 0 aliphatic heterocycles. The van der Waals surface area contributed by atoms with E-state index in [1.807, 2.05) is 40.2 Å². The van der Waals surface area contributed by atoms with Gasteiger partial charge in [0, 0.05) is 6.04 Å². The van der Waals surface area contributed by atoms with Crippen LogP contribution in [0.2, 0.25) is 0 Å². The molecule has 1 fully saturated rings. The van der Waals surface area contributed by atoms with Gasteiger partial charge in [0.25, 0.3) is 0 Å². The second-order valence-electron chi connectivity index (χ2n) is 6.67. The molecule has 0 saturated heterocycles. The zero-order valence-electron chi connectivity index (χ0n) is 13.0. The molecule has 0 bridgehead atoms.